The molecule has 0 saturated carbocycles. The Kier molecular flexibility index (Phi) is 5.62. The molecule has 2 saturated heterocycles. The maximum absolute atomic E-state index is 12.7. The summed E-state index contributed by atoms with van der Waals surface area (Å²) in [5.74, 6) is -0.0410. The first kappa shape index (κ1) is 18.8. The number of nitrogens with zero attached hydrogens (tertiary/aromatic N) is 3. The summed E-state index contributed by atoms with van der Waals surface area (Å²) in [5, 5.41) is 0. The zero-order valence-electron chi connectivity index (χ0n) is 15.0. The van der Waals surface area contributed by atoms with E-state index in [0.29, 0.717) is 18.7 Å². The van der Waals surface area contributed by atoms with E-state index in [1.165, 1.54) is 16.4 Å². The number of piperidine rings is 1. The van der Waals surface area contributed by atoms with Gasteiger partial charge in [0.15, 0.2) is 0 Å². The van der Waals surface area contributed by atoms with Crippen LogP contribution in [0.4, 0.5) is 0 Å². The Morgan fingerprint density at radius 2 is 1.69 bits per heavy atom. The molecule has 0 N–H and O–H groups in total. The molecule has 0 aliphatic carbocycles. The standard InChI is InChI=1S/C18H25N3O4S/c1-15-4-2-3-9-21(15)18(23)16-5-7-17(8-6-16)26(24,25)20-12-10-19(14-22)11-13-20/h5-8,14-15H,2-4,9-13H2,1H3. The number of sulfonamides is 1. The second-order valence-electron chi connectivity index (χ2n) is 6.91. The van der Waals surface area contributed by atoms with Crippen LogP contribution >= 0.6 is 0 Å². The average molecular weight is 379 g/mol. The van der Waals surface area contributed by atoms with Gasteiger partial charge in [0.2, 0.25) is 16.4 Å². The molecule has 0 radical (unpaired) electrons. The number of likely N-dealkylation sites (tertiary alicyclic amines) is 1. The Morgan fingerprint density at radius 1 is 1.04 bits per heavy atom. The van der Waals surface area contributed by atoms with Gasteiger partial charge in [-0.05, 0) is 50.5 Å². The van der Waals surface area contributed by atoms with Crippen LogP contribution in [0.2, 0.25) is 0 Å². The van der Waals surface area contributed by atoms with Crippen molar-refractivity contribution in [3.8, 4) is 0 Å². The maximum atomic E-state index is 12.7. The zero-order valence-corrected chi connectivity index (χ0v) is 15.8. The third kappa shape index (κ3) is 3.76. The molecule has 1 unspecified atom stereocenters. The molecule has 0 bridgehead atoms. The number of benzene rings is 1. The van der Waals surface area contributed by atoms with Crippen LogP contribution in [0, 0.1) is 0 Å². The normalized spacial score (nSPS) is 22.3. The summed E-state index contributed by atoms with van der Waals surface area (Å²) in [4.78, 5) is 27.0. The lowest BCUT2D eigenvalue weighted by molar-refractivity contribution is -0.119. The summed E-state index contributed by atoms with van der Waals surface area (Å²) in [7, 11) is -3.61. The van der Waals surface area contributed by atoms with Gasteiger partial charge in [0, 0.05) is 44.3 Å². The fourth-order valence-electron chi connectivity index (χ4n) is 3.53. The molecule has 8 heteroatoms. The van der Waals surface area contributed by atoms with Crippen LogP contribution in [0.25, 0.3) is 0 Å². The highest BCUT2D eigenvalue weighted by Crippen LogP contribution is 2.22. The molecule has 0 aromatic heterocycles. The number of piperazine rings is 1. The number of rotatable bonds is 4. The van der Waals surface area contributed by atoms with Crippen molar-refractivity contribution < 1.29 is 18.0 Å². The van der Waals surface area contributed by atoms with Crippen LogP contribution < -0.4 is 0 Å². The smallest absolute Gasteiger partial charge is 0.254 e. The third-order valence-electron chi connectivity index (χ3n) is 5.23. The molecule has 2 aliphatic heterocycles. The SMILES string of the molecule is CC1CCCCN1C(=O)c1ccc(S(=O)(=O)N2CCN(C=O)CC2)cc1. The predicted molar refractivity (Wildman–Crippen MR) is 97.2 cm³/mol. The monoisotopic (exact) mass is 379 g/mol. The Bertz CT molecular complexity index is 755. The van der Waals surface area contributed by atoms with Gasteiger partial charge in [0.05, 0.1) is 4.90 Å². The van der Waals surface area contributed by atoms with Crippen LogP contribution in [-0.4, -0.2) is 73.6 Å². The predicted octanol–water partition coefficient (Wildman–Crippen LogP) is 1.16. The molecule has 142 valence electrons. The Hall–Kier alpha value is -1.93. The highest BCUT2D eigenvalue weighted by molar-refractivity contribution is 7.89. The van der Waals surface area contributed by atoms with Gasteiger partial charge in [0.1, 0.15) is 0 Å². The van der Waals surface area contributed by atoms with Crippen molar-refractivity contribution in [3.63, 3.8) is 0 Å². The van der Waals surface area contributed by atoms with Crippen LogP contribution in [0.1, 0.15) is 36.5 Å². The number of amides is 2. The second-order valence-corrected chi connectivity index (χ2v) is 8.85. The minimum atomic E-state index is -3.61. The van der Waals surface area contributed by atoms with E-state index in [0.717, 1.165) is 32.2 Å². The average Bonchev–Trinajstić information content (AvgIpc) is 2.68. The molecule has 1 aromatic rings. The molecule has 3 rings (SSSR count). The zero-order chi connectivity index (χ0) is 18.7. The lowest BCUT2D eigenvalue weighted by atomic mass is 10.0. The topological polar surface area (TPSA) is 78.0 Å². The lowest BCUT2D eigenvalue weighted by Gasteiger charge is -2.33. The van der Waals surface area contributed by atoms with Crippen LogP contribution in [-0.2, 0) is 14.8 Å². The summed E-state index contributed by atoms with van der Waals surface area (Å²) in [6, 6.07) is 6.41. The van der Waals surface area contributed by atoms with E-state index >= 15 is 0 Å². The van der Waals surface area contributed by atoms with Crippen molar-refractivity contribution in [1.82, 2.24) is 14.1 Å². The largest absolute Gasteiger partial charge is 0.343 e. The first-order valence-corrected chi connectivity index (χ1v) is 10.5. The minimum absolute atomic E-state index is 0.0410. The van der Waals surface area contributed by atoms with Gasteiger partial charge in [-0.2, -0.15) is 4.31 Å². The molecule has 2 heterocycles. The van der Waals surface area contributed by atoms with Crippen molar-refractivity contribution in [2.24, 2.45) is 0 Å². The molecule has 2 fully saturated rings. The van der Waals surface area contributed by atoms with E-state index < -0.39 is 10.0 Å². The van der Waals surface area contributed by atoms with E-state index in [9.17, 15) is 18.0 Å². The molecule has 2 amide bonds. The molecule has 2 aliphatic rings. The van der Waals surface area contributed by atoms with Crippen molar-refractivity contribution in [2.45, 2.75) is 37.1 Å². The Balaban J connectivity index is 1.72. The summed E-state index contributed by atoms with van der Waals surface area (Å²) < 4.78 is 26.9. The fraction of sp³-hybridized carbons (Fsp3) is 0.556. The van der Waals surface area contributed by atoms with Gasteiger partial charge >= 0.3 is 0 Å². The van der Waals surface area contributed by atoms with Gasteiger partial charge in [-0.3, -0.25) is 9.59 Å². The van der Waals surface area contributed by atoms with Gasteiger partial charge in [-0.1, -0.05) is 0 Å². The van der Waals surface area contributed by atoms with Gasteiger partial charge in [0.25, 0.3) is 5.91 Å². The highest BCUT2D eigenvalue weighted by Gasteiger charge is 2.29. The van der Waals surface area contributed by atoms with Gasteiger partial charge in [-0.25, -0.2) is 8.42 Å². The molecule has 7 nitrogen and oxygen atoms in total. The lowest BCUT2D eigenvalue weighted by Crippen LogP contribution is -2.47. The van der Waals surface area contributed by atoms with Gasteiger partial charge in [-0.15, -0.1) is 0 Å². The summed E-state index contributed by atoms with van der Waals surface area (Å²) in [5.41, 5.74) is 0.517. The fourth-order valence-corrected chi connectivity index (χ4v) is 4.96. The van der Waals surface area contributed by atoms with Crippen LogP contribution in [0.15, 0.2) is 29.2 Å². The van der Waals surface area contributed by atoms with E-state index in [2.05, 4.69) is 6.92 Å². The minimum Gasteiger partial charge on any atom is -0.343 e. The number of hydrogen-bond donors (Lipinski definition) is 0. The third-order valence-corrected chi connectivity index (χ3v) is 7.14. The number of hydrogen-bond acceptors (Lipinski definition) is 4. The van der Waals surface area contributed by atoms with E-state index in [1.807, 2.05) is 4.90 Å². The van der Waals surface area contributed by atoms with E-state index in [4.69, 9.17) is 0 Å². The molecule has 26 heavy (non-hydrogen) atoms. The molecular weight excluding hydrogens is 354 g/mol. The summed E-state index contributed by atoms with van der Waals surface area (Å²) in [6.45, 7) is 4.16. The van der Waals surface area contributed by atoms with Crippen molar-refractivity contribution in [1.29, 1.82) is 0 Å². The summed E-state index contributed by atoms with van der Waals surface area (Å²) in [6.07, 6.45) is 3.89. The van der Waals surface area contributed by atoms with Gasteiger partial charge < -0.3 is 9.80 Å². The van der Waals surface area contributed by atoms with E-state index in [-0.39, 0.29) is 29.9 Å². The van der Waals surface area contributed by atoms with Crippen molar-refractivity contribution in [2.75, 3.05) is 32.7 Å². The summed E-state index contributed by atoms with van der Waals surface area (Å²) >= 11 is 0. The molecular formula is C18H25N3O4S. The highest BCUT2D eigenvalue weighted by atomic mass is 32.2. The molecule has 1 aromatic carbocycles. The quantitative estimate of drug-likeness (QED) is 0.736. The number of carbonyl (C=O) groups is 2. The second kappa shape index (κ2) is 7.75. The van der Waals surface area contributed by atoms with Crippen molar-refractivity contribution >= 4 is 22.3 Å². The Labute approximate surface area is 154 Å². The van der Waals surface area contributed by atoms with E-state index in [1.54, 1.807) is 17.0 Å². The van der Waals surface area contributed by atoms with Crippen LogP contribution in [0.3, 0.4) is 0 Å². The first-order valence-electron chi connectivity index (χ1n) is 9.04. The Morgan fingerprint density at radius 3 is 2.27 bits per heavy atom. The van der Waals surface area contributed by atoms with Crippen molar-refractivity contribution in [3.05, 3.63) is 29.8 Å². The number of carbonyl (C=O) groups excluding carboxylic acids is 2. The molecule has 1 atom stereocenters. The molecule has 0 spiro atoms. The van der Waals surface area contributed by atoms with Crippen LogP contribution in [0.5, 0.6) is 0 Å². The maximum Gasteiger partial charge on any atom is 0.254 e. The first-order chi connectivity index (χ1) is 12.4.